The van der Waals surface area contributed by atoms with E-state index in [1.165, 1.54) is 18.0 Å². The molecule has 1 spiro atoms. The largest absolute Gasteiger partial charge is 0.486 e. The summed E-state index contributed by atoms with van der Waals surface area (Å²) in [6.07, 6.45) is 5.02. The summed E-state index contributed by atoms with van der Waals surface area (Å²) >= 11 is 7.78. The second kappa shape index (κ2) is 8.90. The highest BCUT2D eigenvalue weighted by atomic mass is 35.5. The number of hydrogen-bond acceptors (Lipinski definition) is 8. The number of hydrogen-bond donors (Lipinski definition) is 0. The standard InChI is InChI=1S/C23H26ClN3O4S/c1-5-30-21(29)15-12-25-22(32-4)26-20(15)27-8-6-23(7-9-27)11-16(28)18-14(3)19(24)13(2)10-17(18)31-23/h10,12H,5-9,11H2,1-4H3. The molecule has 2 aliphatic rings. The lowest BCUT2D eigenvalue weighted by atomic mass is 9.81. The summed E-state index contributed by atoms with van der Waals surface area (Å²) in [5, 5.41) is 1.21. The number of ether oxygens (including phenoxy) is 2. The summed E-state index contributed by atoms with van der Waals surface area (Å²) < 4.78 is 11.7. The molecule has 0 bridgehead atoms. The molecule has 1 aromatic carbocycles. The van der Waals surface area contributed by atoms with Gasteiger partial charge in [-0.2, -0.15) is 0 Å². The molecule has 7 nitrogen and oxygen atoms in total. The first-order valence-electron chi connectivity index (χ1n) is 10.6. The fourth-order valence-corrected chi connectivity index (χ4v) is 4.94. The van der Waals surface area contributed by atoms with Crippen molar-refractivity contribution in [2.45, 2.75) is 50.8 Å². The molecular formula is C23H26ClN3O4S. The minimum Gasteiger partial charge on any atom is -0.486 e. The number of piperidine rings is 1. The number of Topliss-reactive ketones (excluding diaryl/α,β-unsaturated/α-hetero) is 1. The molecule has 32 heavy (non-hydrogen) atoms. The topological polar surface area (TPSA) is 81.6 Å². The van der Waals surface area contributed by atoms with Gasteiger partial charge in [-0.3, -0.25) is 4.79 Å². The fourth-order valence-electron chi connectivity index (χ4n) is 4.45. The molecule has 9 heteroatoms. The SMILES string of the molecule is CCOC(=O)c1cnc(SC)nc1N1CCC2(CC1)CC(=O)c1c(cc(C)c(Cl)c1C)O2. The molecule has 1 aromatic heterocycles. The van der Waals surface area contributed by atoms with Crippen molar-refractivity contribution >= 4 is 40.9 Å². The number of benzene rings is 1. The van der Waals surface area contributed by atoms with Crippen LogP contribution >= 0.6 is 23.4 Å². The van der Waals surface area contributed by atoms with Crippen LogP contribution in [0.4, 0.5) is 5.82 Å². The molecule has 2 aromatic rings. The predicted molar refractivity (Wildman–Crippen MR) is 124 cm³/mol. The van der Waals surface area contributed by atoms with E-state index >= 15 is 0 Å². The zero-order valence-electron chi connectivity index (χ0n) is 18.7. The summed E-state index contributed by atoms with van der Waals surface area (Å²) in [5.74, 6) is 0.820. The first-order chi connectivity index (χ1) is 15.3. The number of carbonyl (C=O) groups excluding carboxylic acids is 2. The van der Waals surface area contributed by atoms with Crippen molar-refractivity contribution in [2.75, 3.05) is 30.9 Å². The van der Waals surface area contributed by atoms with Crippen molar-refractivity contribution in [3.63, 3.8) is 0 Å². The third-order valence-corrected chi connectivity index (χ3v) is 7.27. The van der Waals surface area contributed by atoms with E-state index in [4.69, 9.17) is 21.1 Å². The van der Waals surface area contributed by atoms with Crippen LogP contribution in [0.3, 0.4) is 0 Å². The summed E-state index contributed by atoms with van der Waals surface area (Å²) in [5.41, 5.74) is 2.07. The molecule has 0 aliphatic carbocycles. The molecule has 0 N–H and O–H groups in total. The van der Waals surface area contributed by atoms with Gasteiger partial charge in [0.1, 0.15) is 22.7 Å². The number of fused-ring (bicyclic) bond motifs is 1. The van der Waals surface area contributed by atoms with Crippen LogP contribution in [-0.4, -0.2) is 53.3 Å². The van der Waals surface area contributed by atoms with Crippen molar-refractivity contribution in [2.24, 2.45) is 0 Å². The van der Waals surface area contributed by atoms with Crippen molar-refractivity contribution in [3.05, 3.63) is 39.5 Å². The molecule has 0 atom stereocenters. The number of rotatable bonds is 4. The highest BCUT2D eigenvalue weighted by Gasteiger charge is 2.44. The normalized spacial score (nSPS) is 17.2. The van der Waals surface area contributed by atoms with Gasteiger partial charge in [0.25, 0.3) is 0 Å². The molecule has 0 unspecified atom stereocenters. The molecule has 1 fully saturated rings. The highest BCUT2D eigenvalue weighted by Crippen LogP contribution is 2.43. The Balaban J connectivity index is 1.59. The van der Waals surface area contributed by atoms with E-state index in [-0.39, 0.29) is 12.4 Å². The third kappa shape index (κ3) is 4.06. The van der Waals surface area contributed by atoms with Crippen LogP contribution in [-0.2, 0) is 4.74 Å². The van der Waals surface area contributed by atoms with Gasteiger partial charge in [0.05, 0.1) is 18.6 Å². The Kier molecular flexibility index (Phi) is 6.36. The molecule has 0 radical (unpaired) electrons. The highest BCUT2D eigenvalue weighted by molar-refractivity contribution is 7.98. The van der Waals surface area contributed by atoms with Crippen LogP contribution in [0.2, 0.25) is 5.02 Å². The van der Waals surface area contributed by atoms with Crippen LogP contribution in [0, 0.1) is 13.8 Å². The van der Waals surface area contributed by atoms with Gasteiger partial charge in [-0.25, -0.2) is 14.8 Å². The molecule has 0 amide bonds. The van der Waals surface area contributed by atoms with Crippen molar-refractivity contribution in [1.29, 1.82) is 0 Å². The van der Waals surface area contributed by atoms with E-state index in [0.717, 1.165) is 11.1 Å². The van der Waals surface area contributed by atoms with Crippen molar-refractivity contribution in [3.8, 4) is 5.75 Å². The number of esters is 1. The molecule has 4 rings (SSSR count). The van der Waals surface area contributed by atoms with E-state index < -0.39 is 11.6 Å². The fraction of sp³-hybridized carbons (Fsp3) is 0.478. The maximum atomic E-state index is 13.1. The number of anilines is 1. The Morgan fingerprint density at radius 3 is 2.72 bits per heavy atom. The zero-order valence-corrected chi connectivity index (χ0v) is 20.2. The molecule has 170 valence electrons. The van der Waals surface area contributed by atoms with Crippen molar-refractivity contribution in [1.82, 2.24) is 9.97 Å². The Morgan fingerprint density at radius 2 is 2.06 bits per heavy atom. The number of halogens is 1. The van der Waals surface area contributed by atoms with Gasteiger partial charge in [0.15, 0.2) is 10.9 Å². The molecule has 2 aliphatic heterocycles. The Labute approximate surface area is 196 Å². The van der Waals surface area contributed by atoms with Gasteiger partial charge >= 0.3 is 5.97 Å². The van der Waals surface area contributed by atoms with E-state index in [1.54, 1.807) is 6.92 Å². The smallest absolute Gasteiger partial charge is 0.343 e. The molecule has 0 saturated carbocycles. The number of nitrogens with zero attached hydrogens (tertiary/aromatic N) is 3. The average Bonchev–Trinajstić information content (AvgIpc) is 2.77. The zero-order chi connectivity index (χ0) is 23.0. The average molecular weight is 476 g/mol. The van der Waals surface area contributed by atoms with E-state index in [2.05, 4.69) is 14.9 Å². The lowest BCUT2D eigenvalue weighted by Crippen LogP contribution is -2.51. The quantitative estimate of drug-likeness (QED) is 0.359. The van der Waals surface area contributed by atoms with Gasteiger partial charge in [-0.1, -0.05) is 23.4 Å². The van der Waals surface area contributed by atoms with Crippen LogP contribution in [0.5, 0.6) is 5.75 Å². The Hall–Kier alpha value is -2.32. The van der Waals surface area contributed by atoms with Crippen molar-refractivity contribution < 1.29 is 19.1 Å². The maximum absolute atomic E-state index is 13.1. The summed E-state index contributed by atoms with van der Waals surface area (Å²) in [6, 6.07) is 1.86. The Morgan fingerprint density at radius 1 is 1.34 bits per heavy atom. The predicted octanol–water partition coefficient (Wildman–Crippen LogP) is 4.65. The minimum absolute atomic E-state index is 0.0676. The van der Waals surface area contributed by atoms with Gasteiger partial charge in [0, 0.05) is 37.2 Å². The lowest BCUT2D eigenvalue weighted by Gasteiger charge is -2.44. The first-order valence-corrected chi connectivity index (χ1v) is 12.2. The molecular weight excluding hydrogens is 450 g/mol. The lowest BCUT2D eigenvalue weighted by molar-refractivity contribution is 0.0229. The van der Waals surface area contributed by atoms with E-state index in [0.29, 0.717) is 65.2 Å². The van der Waals surface area contributed by atoms with E-state index in [9.17, 15) is 9.59 Å². The van der Waals surface area contributed by atoms with E-state index in [1.807, 2.05) is 26.2 Å². The van der Waals surface area contributed by atoms with Crippen LogP contribution in [0.15, 0.2) is 17.4 Å². The second-order valence-electron chi connectivity index (χ2n) is 8.19. The number of ketones is 1. The maximum Gasteiger partial charge on any atom is 0.343 e. The number of carbonyl (C=O) groups is 2. The summed E-state index contributed by atoms with van der Waals surface area (Å²) in [4.78, 5) is 36.4. The number of thioether (sulfide) groups is 1. The molecule has 1 saturated heterocycles. The summed E-state index contributed by atoms with van der Waals surface area (Å²) in [7, 11) is 0. The first kappa shape index (κ1) is 22.9. The number of aromatic nitrogens is 2. The van der Waals surface area contributed by atoms with Gasteiger partial charge < -0.3 is 14.4 Å². The van der Waals surface area contributed by atoms with Crippen LogP contribution in [0.1, 0.15) is 58.0 Å². The van der Waals surface area contributed by atoms with Gasteiger partial charge in [-0.05, 0) is 44.2 Å². The Bertz CT molecular complexity index is 1080. The van der Waals surface area contributed by atoms with Gasteiger partial charge in [-0.15, -0.1) is 0 Å². The number of aryl methyl sites for hydroxylation is 1. The molecule has 3 heterocycles. The minimum atomic E-state index is -0.563. The monoisotopic (exact) mass is 475 g/mol. The summed E-state index contributed by atoms with van der Waals surface area (Å²) in [6.45, 7) is 7.04. The third-order valence-electron chi connectivity index (χ3n) is 6.13. The van der Waals surface area contributed by atoms with Crippen LogP contribution < -0.4 is 9.64 Å². The second-order valence-corrected chi connectivity index (χ2v) is 9.34. The van der Waals surface area contributed by atoms with Gasteiger partial charge in [0.2, 0.25) is 0 Å². The van der Waals surface area contributed by atoms with Crippen LogP contribution in [0.25, 0.3) is 0 Å².